The number of benzene rings is 1. The monoisotopic (exact) mass is 322 g/mol. The molecule has 1 atom stereocenters. The number of amides is 1. The summed E-state index contributed by atoms with van der Waals surface area (Å²) in [4.78, 5) is 14.5. The van der Waals surface area contributed by atoms with Gasteiger partial charge >= 0.3 is 0 Å². The Morgan fingerprint density at radius 1 is 1.29 bits per heavy atom. The van der Waals surface area contributed by atoms with Gasteiger partial charge in [-0.15, -0.1) is 11.3 Å². The van der Waals surface area contributed by atoms with Gasteiger partial charge in [-0.1, -0.05) is 17.7 Å². The van der Waals surface area contributed by atoms with E-state index in [9.17, 15) is 4.79 Å². The number of halogens is 1. The molecule has 1 aromatic carbocycles. The molecule has 3 nitrogen and oxygen atoms in total. The highest BCUT2D eigenvalue weighted by molar-refractivity contribution is 7.12. The lowest BCUT2D eigenvalue weighted by Gasteiger charge is -2.13. The molecule has 112 valence electrons. The van der Waals surface area contributed by atoms with Crippen molar-refractivity contribution in [1.82, 2.24) is 5.32 Å². The molecule has 1 heterocycles. The Hall–Kier alpha value is -1.36. The summed E-state index contributed by atoms with van der Waals surface area (Å²) in [5.74, 6) is -0.0690. The van der Waals surface area contributed by atoms with Crippen LogP contribution in [0.1, 0.15) is 28.3 Å². The summed E-state index contributed by atoms with van der Waals surface area (Å²) < 4.78 is 0. The fourth-order valence-electron chi connectivity index (χ4n) is 1.96. The largest absolute Gasteiger partial charge is 0.325 e. The fraction of sp³-hybridized carbons (Fsp3) is 0.312. The third kappa shape index (κ3) is 4.56. The number of thiophene rings is 1. The molecule has 0 saturated heterocycles. The Kier molecular flexibility index (Phi) is 5.39. The van der Waals surface area contributed by atoms with Crippen molar-refractivity contribution in [3.05, 3.63) is 50.7 Å². The Morgan fingerprint density at radius 2 is 2.05 bits per heavy atom. The van der Waals surface area contributed by atoms with Crippen molar-refractivity contribution in [1.29, 1.82) is 0 Å². The summed E-state index contributed by atoms with van der Waals surface area (Å²) in [5, 5.41) is 6.73. The normalized spacial score (nSPS) is 12.2. The standard InChI is InChI=1S/C16H19ClN2OS/c1-10-4-6-13(17)8-14(10)19-16(20)9-18-12(3)15-7-5-11(2)21-15/h4-8,12,18H,9H2,1-3H3,(H,19,20). The van der Waals surface area contributed by atoms with Crippen molar-refractivity contribution in [3.8, 4) is 0 Å². The second-order valence-electron chi connectivity index (χ2n) is 5.06. The van der Waals surface area contributed by atoms with Crippen molar-refractivity contribution >= 4 is 34.5 Å². The van der Waals surface area contributed by atoms with E-state index in [0.717, 1.165) is 11.3 Å². The van der Waals surface area contributed by atoms with E-state index >= 15 is 0 Å². The van der Waals surface area contributed by atoms with Crippen molar-refractivity contribution in [2.24, 2.45) is 0 Å². The van der Waals surface area contributed by atoms with E-state index in [1.165, 1.54) is 9.75 Å². The summed E-state index contributed by atoms with van der Waals surface area (Å²) in [7, 11) is 0. The molecule has 0 aliphatic rings. The Balaban J connectivity index is 1.89. The number of hydrogen-bond donors (Lipinski definition) is 2. The van der Waals surface area contributed by atoms with Crippen LogP contribution in [0.4, 0.5) is 5.69 Å². The van der Waals surface area contributed by atoms with E-state index in [1.54, 1.807) is 17.4 Å². The molecule has 2 aromatic rings. The lowest BCUT2D eigenvalue weighted by atomic mass is 10.2. The molecule has 0 aliphatic carbocycles. The van der Waals surface area contributed by atoms with Crippen LogP contribution >= 0.6 is 22.9 Å². The van der Waals surface area contributed by atoms with Crippen LogP contribution < -0.4 is 10.6 Å². The molecule has 1 aromatic heterocycles. The maximum absolute atomic E-state index is 12.0. The van der Waals surface area contributed by atoms with E-state index in [-0.39, 0.29) is 18.5 Å². The van der Waals surface area contributed by atoms with Gasteiger partial charge in [-0.2, -0.15) is 0 Å². The first-order chi connectivity index (χ1) is 9.95. The van der Waals surface area contributed by atoms with Crippen molar-refractivity contribution in [3.63, 3.8) is 0 Å². The fourth-order valence-corrected chi connectivity index (χ4v) is 3.03. The van der Waals surface area contributed by atoms with E-state index in [0.29, 0.717) is 5.02 Å². The van der Waals surface area contributed by atoms with Crippen molar-refractivity contribution in [2.45, 2.75) is 26.8 Å². The number of aryl methyl sites for hydroxylation is 2. The average molecular weight is 323 g/mol. The smallest absolute Gasteiger partial charge is 0.238 e. The highest BCUT2D eigenvalue weighted by Gasteiger charge is 2.10. The summed E-state index contributed by atoms with van der Waals surface area (Å²) in [6.45, 7) is 6.35. The second kappa shape index (κ2) is 7.07. The van der Waals surface area contributed by atoms with E-state index in [2.05, 4.69) is 36.6 Å². The number of nitrogens with one attached hydrogen (secondary N) is 2. The minimum absolute atomic E-state index is 0.0690. The van der Waals surface area contributed by atoms with E-state index in [1.807, 2.05) is 19.1 Å². The first-order valence-electron chi connectivity index (χ1n) is 6.81. The maximum atomic E-state index is 12.0. The molecule has 0 fully saturated rings. The minimum atomic E-state index is -0.0690. The quantitative estimate of drug-likeness (QED) is 0.861. The van der Waals surface area contributed by atoms with Crippen LogP contribution in [0.25, 0.3) is 0 Å². The predicted octanol–water partition coefficient (Wildman–Crippen LogP) is 4.31. The van der Waals surface area contributed by atoms with E-state index in [4.69, 9.17) is 11.6 Å². The minimum Gasteiger partial charge on any atom is -0.325 e. The van der Waals surface area contributed by atoms with Gasteiger partial charge in [-0.3, -0.25) is 4.79 Å². The molecule has 2 rings (SSSR count). The summed E-state index contributed by atoms with van der Waals surface area (Å²) in [5.41, 5.74) is 1.75. The van der Waals surface area contributed by atoms with E-state index < -0.39 is 0 Å². The van der Waals surface area contributed by atoms with Gasteiger partial charge in [0.05, 0.1) is 6.54 Å². The molecular weight excluding hydrogens is 304 g/mol. The molecule has 5 heteroatoms. The highest BCUT2D eigenvalue weighted by atomic mass is 35.5. The first kappa shape index (κ1) is 16.0. The third-order valence-corrected chi connectivity index (χ3v) is 4.65. The average Bonchev–Trinajstić information content (AvgIpc) is 2.87. The molecule has 0 radical (unpaired) electrons. The third-order valence-electron chi connectivity index (χ3n) is 3.23. The zero-order chi connectivity index (χ0) is 15.4. The second-order valence-corrected chi connectivity index (χ2v) is 6.81. The summed E-state index contributed by atoms with van der Waals surface area (Å²) in [6.07, 6.45) is 0. The van der Waals surface area contributed by atoms with Crippen LogP contribution in [0.3, 0.4) is 0 Å². The Morgan fingerprint density at radius 3 is 2.71 bits per heavy atom. The number of carbonyl (C=O) groups excluding carboxylic acids is 1. The Bertz CT molecular complexity index is 639. The number of rotatable bonds is 5. The van der Waals surface area contributed by atoms with Gasteiger partial charge in [0.15, 0.2) is 0 Å². The molecule has 2 N–H and O–H groups in total. The van der Waals surface area contributed by atoms with Gasteiger partial charge in [0.1, 0.15) is 0 Å². The molecule has 0 bridgehead atoms. The Labute approximate surface area is 134 Å². The number of anilines is 1. The lowest BCUT2D eigenvalue weighted by Crippen LogP contribution is -2.30. The summed E-state index contributed by atoms with van der Waals surface area (Å²) in [6, 6.07) is 9.81. The van der Waals surface area contributed by atoms with Gasteiger partial charge in [0, 0.05) is 26.5 Å². The molecule has 1 amide bonds. The maximum Gasteiger partial charge on any atom is 0.238 e. The predicted molar refractivity (Wildman–Crippen MR) is 90.3 cm³/mol. The van der Waals surface area contributed by atoms with Crippen LogP contribution in [-0.4, -0.2) is 12.5 Å². The first-order valence-corrected chi connectivity index (χ1v) is 8.01. The molecule has 1 unspecified atom stereocenters. The summed E-state index contributed by atoms with van der Waals surface area (Å²) >= 11 is 7.69. The van der Waals surface area contributed by atoms with Gasteiger partial charge in [0.25, 0.3) is 0 Å². The van der Waals surface area contributed by atoms with Crippen molar-refractivity contribution < 1.29 is 4.79 Å². The molecule has 21 heavy (non-hydrogen) atoms. The zero-order valence-electron chi connectivity index (χ0n) is 12.4. The van der Waals surface area contributed by atoms with Gasteiger partial charge in [-0.25, -0.2) is 0 Å². The van der Waals surface area contributed by atoms with Crippen LogP contribution in [-0.2, 0) is 4.79 Å². The van der Waals surface area contributed by atoms with Crippen LogP contribution in [0.15, 0.2) is 30.3 Å². The van der Waals surface area contributed by atoms with Crippen LogP contribution in [0.2, 0.25) is 5.02 Å². The molecule has 0 spiro atoms. The molecule has 0 aliphatic heterocycles. The highest BCUT2D eigenvalue weighted by Crippen LogP contribution is 2.22. The van der Waals surface area contributed by atoms with Crippen molar-refractivity contribution in [2.75, 3.05) is 11.9 Å². The number of hydrogen-bond acceptors (Lipinski definition) is 3. The zero-order valence-corrected chi connectivity index (χ0v) is 13.9. The van der Waals surface area contributed by atoms with Gasteiger partial charge in [0.2, 0.25) is 5.91 Å². The number of carbonyl (C=O) groups is 1. The molecule has 0 saturated carbocycles. The SMILES string of the molecule is Cc1ccc(C(C)NCC(=O)Nc2cc(Cl)ccc2C)s1. The molecular formula is C16H19ClN2OS. The van der Waals surface area contributed by atoms with Gasteiger partial charge < -0.3 is 10.6 Å². The lowest BCUT2D eigenvalue weighted by molar-refractivity contribution is -0.115. The topological polar surface area (TPSA) is 41.1 Å². The van der Waals surface area contributed by atoms with Crippen LogP contribution in [0.5, 0.6) is 0 Å². The van der Waals surface area contributed by atoms with Gasteiger partial charge in [-0.05, 0) is 50.6 Å². The van der Waals surface area contributed by atoms with Crippen LogP contribution in [0, 0.1) is 13.8 Å².